The molecule has 0 aliphatic carbocycles. The number of para-hydroxylation sites is 1. The van der Waals surface area contributed by atoms with Crippen LogP contribution in [0.5, 0.6) is 0 Å². The number of likely N-dealkylation sites (N-methyl/N-ethyl adjacent to an activating group) is 1. The van der Waals surface area contributed by atoms with Crippen LogP contribution in [0, 0.1) is 0 Å². The van der Waals surface area contributed by atoms with E-state index in [4.69, 9.17) is 0 Å². The number of aryl methyl sites for hydroxylation is 2. The molecule has 0 radical (unpaired) electrons. The van der Waals surface area contributed by atoms with E-state index in [9.17, 15) is 9.59 Å². The summed E-state index contributed by atoms with van der Waals surface area (Å²) in [6.07, 6.45) is 1.94. The second-order valence-corrected chi connectivity index (χ2v) is 5.79. The molecule has 4 nitrogen and oxygen atoms in total. The molecule has 0 unspecified atom stereocenters. The summed E-state index contributed by atoms with van der Waals surface area (Å²) in [5.74, 6) is -0.204. The Labute approximate surface area is 143 Å². The molecule has 0 heterocycles. The van der Waals surface area contributed by atoms with E-state index in [0.29, 0.717) is 12.8 Å². The molecule has 0 aliphatic rings. The molecule has 2 rings (SSSR count). The van der Waals surface area contributed by atoms with E-state index in [1.54, 1.807) is 7.05 Å². The zero-order valence-corrected chi connectivity index (χ0v) is 14.3. The second kappa shape index (κ2) is 8.87. The quantitative estimate of drug-likeness (QED) is 0.850. The molecule has 0 spiro atoms. The Balaban J connectivity index is 1.83. The van der Waals surface area contributed by atoms with Gasteiger partial charge in [0.1, 0.15) is 0 Å². The number of nitrogens with one attached hydrogen (secondary N) is 1. The van der Waals surface area contributed by atoms with Gasteiger partial charge in [-0.15, -0.1) is 0 Å². The summed E-state index contributed by atoms with van der Waals surface area (Å²) < 4.78 is 0. The van der Waals surface area contributed by atoms with Crippen LogP contribution in [0.15, 0.2) is 54.6 Å². The van der Waals surface area contributed by atoms with E-state index in [1.807, 2.05) is 61.5 Å². The van der Waals surface area contributed by atoms with Crippen LogP contribution in [0.1, 0.15) is 24.5 Å². The summed E-state index contributed by atoms with van der Waals surface area (Å²) in [5.41, 5.74) is 3.03. The first-order valence-corrected chi connectivity index (χ1v) is 8.25. The molecule has 0 aromatic heterocycles. The maximum absolute atomic E-state index is 12.2. The lowest BCUT2D eigenvalue weighted by Crippen LogP contribution is -2.35. The number of carbonyl (C=O) groups excluding carboxylic acids is 2. The van der Waals surface area contributed by atoms with Crippen LogP contribution in [-0.2, 0) is 22.4 Å². The van der Waals surface area contributed by atoms with Crippen LogP contribution in [0.25, 0.3) is 0 Å². The molecule has 24 heavy (non-hydrogen) atoms. The van der Waals surface area contributed by atoms with Crippen molar-refractivity contribution in [1.29, 1.82) is 0 Å². The van der Waals surface area contributed by atoms with E-state index in [1.165, 1.54) is 4.90 Å². The highest BCUT2D eigenvalue weighted by Gasteiger charge is 2.13. The van der Waals surface area contributed by atoms with E-state index in [2.05, 4.69) is 5.32 Å². The van der Waals surface area contributed by atoms with Gasteiger partial charge in [-0.1, -0.05) is 55.5 Å². The Hall–Kier alpha value is -2.62. The van der Waals surface area contributed by atoms with Gasteiger partial charge in [-0.3, -0.25) is 9.59 Å². The Morgan fingerprint density at radius 2 is 1.67 bits per heavy atom. The average molecular weight is 324 g/mol. The first-order valence-electron chi connectivity index (χ1n) is 8.25. The topological polar surface area (TPSA) is 49.4 Å². The summed E-state index contributed by atoms with van der Waals surface area (Å²) >= 11 is 0. The van der Waals surface area contributed by atoms with Crippen LogP contribution in [0.3, 0.4) is 0 Å². The fraction of sp³-hybridized carbons (Fsp3) is 0.300. The van der Waals surface area contributed by atoms with Crippen molar-refractivity contribution in [2.75, 3.05) is 18.9 Å². The van der Waals surface area contributed by atoms with Crippen molar-refractivity contribution in [2.24, 2.45) is 0 Å². The first kappa shape index (κ1) is 17.7. The minimum atomic E-state index is -0.175. The van der Waals surface area contributed by atoms with E-state index >= 15 is 0 Å². The van der Waals surface area contributed by atoms with Crippen LogP contribution < -0.4 is 5.32 Å². The summed E-state index contributed by atoms with van der Waals surface area (Å²) in [6.45, 7) is 2.11. The standard InChI is InChI=1S/C20H24N2O2/c1-3-17-11-7-8-12-18(17)21-19(23)15-22(2)20(24)14-13-16-9-5-4-6-10-16/h4-12H,3,13-15H2,1-2H3,(H,21,23). The Kier molecular flexibility index (Phi) is 6.55. The number of hydrogen-bond donors (Lipinski definition) is 1. The molecule has 4 heteroatoms. The number of nitrogens with zero attached hydrogens (tertiary/aromatic N) is 1. The van der Waals surface area contributed by atoms with Gasteiger partial charge in [0, 0.05) is 19.2 Å². The van der Waals surface area contributed by atoms with Crippen LogP contribution in [-0.4, -0.2) is 30.3 Å². The number of anilines is 1. The maximum atomic E-state index is 12.2. The van der Waals surface area contributed by atoms with Gasteiger partial charge >= 0.3 is 0 Å². The van der Waals surface area contributed by atoms with Gasteiger partial charge in [0.15, 0.2) is 0 Å². The van der Waals surface area contributed by atoms with Crippen molar-refractivity contribution >= 4 is 17.5 Å². The molecule has 0 bridgehead atoms. The van der Waals surface area contributed by atoms with E-state index in [-0.39, 0.29) is 18.4 Å². The zero-order chi connectivity index (χ0) is 17.4. The highest BCUT2D eigenvalue weighted by Crippen LogP contribution is 2.15. The molecule has 0 fully saturated rings. The molecule has 0 saturated carbocycles. The SMILES string of the molecule is CCc1ccccc1NC(=O)CN(C)C(=O)CCc1ccccc1. The van der Waals surface area contributed by atoms with Crippen molar-refractivity contribution in [2.45, 2.75) is 26.2 Å². The summed E-state index contributed by atoms with van der Waals surface area (Å²) in [7, 11) is 1.67. The van der Waals surface area contributed by atoms with Crippen molar-refractivity contribution in [1.82, 2.24) is 4.90 Å². The van der Waals surface area contributed by atoms with E-state index in [0.717, 1.165) is 23.2 Å². The van der Waals surface area contributed by atoms with Crippen molar-refractivity contribution in [3.63, 3.8) is 0 Å². The lowest BCUT2D eigenvalue weighted by Gasteiger charge is -2.17. The third-order valence-corrected chi connectivity index (χ3v) is 3.95. The maximum Gasteiger partial charge on any atom is 0.243 e. The molecule has 126 valence electrons. The summed E-state index contributed by atoms with van der Waals surface area (Å²) in [4.78, 5) is 25.8. The van der Waals surface area contributed by atoms with Gasteiger partial charge < -0.3 is 10.2 Å². The van der Waals surface area contributed by atoms with Gasteiger partial charge in [-0.05, 0) is 30.0 Å². The van der Waals surface area contributed by atoms with Gasteiger partial charge in [-0.25, -0.2) is 0 Å². The Morgan fingerprint density at radius 3 is 2.38 bits per heavy atom. The number of hydrogen-bond acceptors (Lipinski definition) is 2. The van der Waals surface area contributed by atoms with Crippen molar-refractivity contribution in [3.05, 3.63) is 65.7 Å². The molecular weight excluding hydrogens is 300 g/mol. The van der Waals surface area contributed by atoms with E-state index < -0.39 is 0 Å². The predicted molar refractivity (Wildman–Crippen MR) is 96.8 cm³/mol. The molecule has 2 amide bonds. The number of amides is 2. The Bertz CT molecular complexity index is 683. The smallest absolute Gasteiger partial charge is 0.243 e. The second-order valence-electron chi connectivity index (χ2n) is 5.79. The average Bonchev–Trinajstić information content (AvgIpc) is 2.60. The summed E-state index contributed by atoms with van der Waals surface area (Å²) in [6, 6.07) is 17.6. The van der Waals surface area contributed by atoms with Crippen LogP contribution >= 0.6 is 0 Å². The molecule has 0 atom stereocenters. The molecule has 2 aromatic carbocycles. The Morgan fingerprint density at radius 1 is 1.00 bits per heavy atom. The molecule has 0 saturated heterocycles. The lowest BCUT2D eigenvalue weighted by atomic mass is 10.1. The minimum absolute atomic E-state index is 0.0298. The van der Waals surface area contributed by atoms with Crippen LogP contribution in [0.4, 0.5) is 5.69 Å². The third-order valence-electron chi connectivity index (χ3n) is 3.95. The normalized spacial score (nSPS) is 10.2. The van der Waals surface area contributed by atoms with Crippen LogP contribution in [0.2, 0.25) is 0 Å². The number of benzene rings is 2. The first-order chi connectivity index (χ1) is 11.6. The van der Waals surface area contributed by atoms with Crippen molar-refractivity contribution in [3.8, 4) is 0 Å². The highest BCUT2D eigenvalue weighted by atomic mass is 16.2. The zero-order valence-electron chi connectivity index (χ0n) is 14.3. The fourth-order valence-electron chi connectivity index (χ4n) is 2.53. The van der Waals surface area contributed by atoms with Gasteiger partial charge in [0.25, 0.3) is 0 Å². The highest BCUT2D eigenvalue weighted by molar-refractivity contribution is 5.95. The molecule has 2 aromatic rings. The van der Waals surface area contributed by atoms with Gasteiger partial charge in [0.2, 0.25) is 11.8 Å². The predicted octanol–water partition coefficient (Wildman–Crippen LogP) is 3.28. The minimum Gasteiger partial charge on any atom is -0.336 e. The molecular formula is C20H24N2O2. The number of rotatable bonds is 7. The summed E-state index contributed by atoms with van der Waals surface area (Å²) in [5, 5.41) is 2.89. The van der Waals surface area contributed by atoms with Gasteiger partial charge in [-0.2, -0.15) is 0 Å². The lowest BCUT2D eigenvalue weighted by molar-refractivity contribution is -0.133. The van der Waals surface area contributed by atoms with Crippen molar-refractivity contribution < 1.29 is 9.59 Å². The largest absolute Gasteiger partial charge is 0.336 e. The fourth-order valence-corrected chi connectivity index (χ4v) is 2.53. The molecule has 0 aliphatic heterocycles. The number of carbonyl (C=O) groups is 2. The molecule has 1 N–H and O–H groups in total. The monoisotopic (exact) mass is 324 g/mol. The third kappa shape index (κ3) is 5.23. The van der Waals surface area contributed by atoms with Gasteiger partial charge in [0.05, 0.1) is 6.54 Å².